The molecule has 2 N–H and O–H groups in total. The summed E-state index contributed by atoms with van der Waals surface area (Å²) in [6.07, 6.45) is 0. The van der Waals surface area contributed by atoms with Crippen molar-refractivity contribution in [1.82, 2.24) is 4.90 Å². The molecule has 0 heterocycles. The largest absolute Gasteiger partial charge is 0.395 e. The smallest absolute Gasteiger partial charge is 0.238 e. The van der Waals surface area contributed by atoms with Crippen LogP contribution in [0.1, 0.15) is 6.92 Å². The molecule has 0 aliphatic rings. The minimum Gasteiger partial charge on any atom is -0.395 e. The first kappa shape index (κ1) is 14.4. The monoisotopic (exact) mass is 348 g/mol. The van der Waals surface area contributed by atoms with Crippen LogP contribution in [0.25, 0.3) is 0 Å². The Morgan fingerprint density at radius 2 is 2.29 bits per heavy atom. The predicted octanol–water partition coefficient (Wildman–Crippen LogP) is 1.54. The van der Waals surface area contributed by atoms with Crippen LogP contribution in [0.5, 0.6) is 0 Å². The van der Waals surface area contributed by atoms with Crippen LogP contribution in [0.2, 0.25) is 0 Å². The van der Waals surface area contributed by atoms with Crippen LogP contribution in [-0.2, 0) is 4.79 Å². The van der Waals surface area contributed by atoms with Gasteiger partial charge in [-0.25, -0.2) is 0 Å². The number of rotatable bonds is 6. The van der Waals surface area contributed by atoms with Gasteiger partial charge in [-0.2, -0.15) is 0 Å². The molecule has 0 saturated heterocycles. The molecule has 17 heavy (non-hydrogen) atoms. The molecular formula is C12H17IN2O2. The van der Waals surface area contributed by atoms with Gasteiger partial charge >= 0.3 is 0 Å². The van der Waals surface area contributed by atoms with E-state index in [-0.39, 0.29) is 12.5 Å². The van der Waals surface area contributed by atoms with E-state index in [9.17, 15) is 4.79 Å². The molecule has 0 atom stereocenters. The molecule has 0 aliphatic heterocycles. The Balaban J connectivity index is 2.49. The molecule has 0 bridgehead atoms. The molecule has 0 aromatic heterocycles. The number of anilines is 1. The van der Waals surface area contributed by atoms with E-state index in [0.29, 0.717) is 13.1 Å². The van der Waals surface area contributed by atoms with Gasteiger partial charge in [0.25, 0.3) is 0 Å². The van der Waals surface area contributed by atoms with Crippen molar-refractivity contribution < 1.29 is 9.90 Å². The number of hydrogen-bond acceptors (Lipinski definition) is 3. The highest BCUT2D eigenvalue weighted by molar-refractivity contribution is 14.1. The fourth-order valence-corrected chi connectivity index (χ4v) is 2.00. The van der Waals surface area contributed by atoms with Crippen molar-refractivity contribution >= 4 is 34.2 Å². The number of carbonyl (C=O) groups excluding carboxylic acids is 1. The maximum Gasteiger partial charge on any atom is 0.238 e. The molecule has 0 saturated carbocycles. The molecule has 1 aromatic rings. The van der Waals surface area contributed by atoms with Gasteiger partial charge < -0.3 is 10.4 Å². The van der Waals surface area contributed by atoms with Gasteiger partial charge in [-0.05, 0) is 47.3 Å². The molecule has 0 spiro atoms. The first-order chi connectivity index (χ1) is 8.15. The van der Waals surface area contributed by atoms with Gasteiger partial charge in [0, 0.05) is 15.8 Å². The lowest BCUT2D eigenvalue weighted by Gasteiger charge is -2.18. The SMILES string of the molecule is CCN(CCO)CC(=O)Nc1cccc(I)c1. The van der Waals surface area contributed by atoms with E-state index in [4.69, 9.17) is 5.11 Å². The number of carbonyl (C=O) groups is 1. The van der Waals surface area contributed by atoms with Gasteiger partial charge in [-0.3, -0.25) is 9.69 Å². The molecule has 0 radical (unpaired) electrons. The number of hydrogen-bond donors (Lipinski definition) is 2. The molecule has 1 rings (SSSR count). The van der Waals surface area contributed by atoms with Crippen LogP contribution in [0.3, 0.4) is 0 Å². The summed E-state index contributed by atoms with van der Waals surface area (Å²) >= 11 is 2.20. The lowest BCUT2D eigenvalue weighted by molar-refractivity contribution is -0.117. The van der Waals surface area contributed by atoms with E-state index in [0.717, 1.165) is 15.8 Å². The second kappa shape index (κ2) is 7.62. The van der Waals surface area contributed by atoms with Crippen molar-refractivity contribution in [3.63, 3.8) is 0 Å². The van der Waals surface area contributed by atoms with Gasteiger partial charge in [0.15, 0.2) is 0 Å². The third kappa shape index (κ3) is 5.47. The number of likely N-dealkylation sites (N-methyl/N-ethyl adjacent to an activating group) is 1. The molecule has 0 fully saturated rings. The topological polar surface area (TPSA) is 52.6 Å². The van der Waals surface area contributed by atoms with Crippen LogP contribution in [-0.4, -0.2) is 42.2 Å². The molecule has 1 aromatic carbocycles. The van der Waals surface area contributed by atoms with Gasteiger partial charge in [0.2, 0.25) is 5.91 Å². The van der Waals surface area contributed by atoms with Crippen molar-refractivity contribution in [3.05, 3.63) is 27.8 Å². The van der Waals surface area contributed by atoms with Gasteiger partial charge in [-0.15, -0.1) is 0 Å². The van der Waals surface area contributed by atoms with Crippen LogP contribution in [0.4, 0.5) is 5.69 Å². The highest BCUT2D eigenvalue weighted by atomic mass is 127. The predicted molar refractivity (Wildman–Crippen MR) is 77.0 cm³/mol. The summed E-state index contributed by atoms with van der Waals surface area (Å²) in [5.41, 5.74) is 0.807. The van der Waals surface area contributed by atoms with E-state index >= 15 is 0 Å². The van der Waals surface area contributed by atoms with Crippen molar-refractivity contribution in [3.8, 4) is 0 Å². The van der Waals surface area contributed by atoms with Crippen LogP contribution >= 0.6 is 22.6 Å². The highest BCUT2D eigenvalue weighted by Gasteiger charge is 2.08. The minimum atomic E-state index is -0.0534. The Morgan fingerprint density at radius 1 is 1.53 bits per heavy atom. The molecule has 0 unspecified atom stereocenters. The minimum absolute atomic E-state index is 0.0534. The van der Waals surface area contributed by atoms with Crippen molar-refractivity contribution in [1.29, 1.82) is 0 Å². The number of aliphatic hydroxyl groups is 1. The standard InChI is InChI=1S/C12H17IN2O2/c1-2-15(6-7-16)9-12(17)14-11-5-3-4-10(13)8-11/h3-5,8,16H,2,6-7,9H2,1H3,(H,14,17). The average Bonchev–Trinajstić information content (AvgIpc) is 2.28. The first-order valence-corrected chi connectivity index (χ1v) is 6.62. The van der Waals surface area contributed by atoms with Gasteiger partial charge in [-0.1, -0.05) is 13.0 Å². The molecule has 94 valence electrons. The number of aliphatic hydroxyl groups excluding tert-OH is 1. The number of nitrogens with zero attached hydrogens (tertiary/aromatic N) is 1. The number of amides is 1. The third-order valence-corrected chi connectivity index (χ3v) is 3.01. The Bertz CT molecular complexity index is 371. The van der Waals surface area contributed by atoms with E-state index in [2.05, 4.69) is 27.9 Å². The van der Waals surface area contributed by atoms with Gasteiger partial charge in [0.1, 0.15) is 0 Å². The number of benzene rings is 1. The average molecular weight is 348 g/mol. The number of nitrogens with one attached hydrogen (secondary N) is 1. The summed E-state index contributed by atoms with van der Waals surface area (Å²) < 4.78 is 1.09. The third-order valence-electron chi connectivity index (χ3n) is 2.34. The Hall–Kier alpha value is -0.660. The van der Waals surface area contributed by atoms with E-state index in [1.165, 1.54) is 0 Å². The zero-order valence-electron chi connectivity index (χ0n) is 9.82. The first-order valence-electron chi connectivity index (χ1n) is 5.54. The molecule has 5 heteroatoms. The van der Waals surface area contributed by atoms with Crippen molar-refractivity contribution in [2.75, 3.05) is 31.6 Å². The van der Waals surface area contributed by atoms with Crippen LogP contribution in [0, 0.1) is 3.57 Å². The molecular weight excluding hydrogens is 331 g/mol. The lowest BCUT2D eigenvalue weighted by atomic mass is 10.3. The zero-order valence-corrected chi connectivity index (χ0v) is 12.0. The van der Waals surface area contributed by atoms with E-state index in [1.807, 2.05) is 36.1 Å². The Kier molecular flexibility index (Phi) is 6.46. The van der Waals surface area contributed by atoms with Crippen molar-refractivity contribution in [2.24, 2.45) is 0 Å². The molecule has 1 amide bonds. The van der Waals surface area contributed by atoms with Gasteiger partial charge in [0.05, 0.1) is 13.2 Å². The summed E-state index contributed by atoms with van der Waals surface area (Å²) in [6.45, 7) is 3.62. The molecule has 0 aliphatic carbocycles. The number of halogens is 1. The lowest BCUT2D eigenvalue weighted by Crippen LogP contribution is -2.35. The summed E-state index contributed by atoms with van der Waals surface area (Å²) in [5.74, 6) is -0.0534. The maximum absolute atomic E-state index is 11.7. The van der Waals surface area contributed by atoms with Crippen molar-refractivity contribution in [2.45, 2.75) is 6.92 Å². The van der Waals surface area contributed by atoms with Crippen LogP contribution < -0.4 is 5.32 Å². The van der Waals surface area contributed by atoms with Crippen LogP contribution in [0.15, 0.2) is 24.3 Å². The summed E-state index contributed by atoms with van der Waals surface area (Å²) in [4.78, 5) is 13.6. The van der Waals surface area contributed by atoms with E-state index in [1.54, 1.807) is 0 Å². The summed E-state index contributed by atoms with van der Waals surface area (Å²) in [6, 6.07) is 7.66. The highest BCUT2D eigenvalue weighted by Crippen LogP contribution is 2.12. The zero-order chi connectivity index (χ0) is 12.7. The van der Waals surface area contributed by atoms with E-state index < -0.39 is 0 Å². The second-order valence-corrected chi connectivity index (χ2v) is 4.90. The summed E-state index contributed by atoms with van der Waals surface area (Å²) in [5, 5.41) is 11.7. The fourth-order valence-electron chi connectivity index (χ4n) is 1.46. The second-order valence-electron chi connectivity index (χ2n) is 3.65. The fraction of sp³-hybridized carbons (Fsp3) is 0.417. The summed E-state index contributed by atoms with van der Waals surface area (Å²) in [7, 11) is 0. The Morgan fingerprint density at radius 3 is 2.88 bits per heavy atom. The normalized spacial score (nSPS) is 10.6. The molecule has 4 nitrogen and oxygen atoms in total. The maximum atomic E-state index is 11.7. The Labute approximate surface area is 115 Å². The quantitative estimate of drug-likeness (QED) is 0.767.